The highest BCUT2D eigenvalue weighted by Gasteiger charge is 2.13. The molecule has 0 aliphatic rings. The van der Waals surface area contributed by atoms with Crippen LogP contribution in [0.3, 0.4) is 0 Å². The van der Waals surface area contributed by atoms with Gasteiger partial charge >= 0.3 is 20.2 Å². The van der Waals surface area contributed by atoms with E-state index in [4.69, 9.17) is 0 Å². The third kappa shape index (κ3) is 4.62. The molecule has 0 aliphatic carbocycles. The van der Waals surface area contributed by atoms with Crippen LogP contribution in [-0.4, -0.2) is 11.9 Å². The summed E-state index contributed by atoms with van der Waals surface area (Å²) in [6, 6.07) is 0. The van der Waals surface area contributed by atoms with Crippen LogP contribution in [0.5, 0.6) is 0 Å². The molecule has 0 aromatic heterocycles. The summed E-state index contributed by atoms with van der Waals surface area (Å²) >= 11 is 0. The average molecular weight is 218 g/mol. The molecule has 0 bridgehead atoms. The summed E-state index contributed by atoms with van der Waals surface area (Å²) < 4.78 is 19.4. The molecule has 0 radical (unpaired) electrons. The van der Waals surface area contributed by atoms with Crippen molar-refractivity contribution in [3.8, 4) is 0 Å². The molecule has 0 amide bonds. The normalized spacial score (nSPS) is 9.36. The van der Waals surface area contributed by atoms with Gasteiger partial charge in [0.2, 0.25) is 0 Å². The van der Waals surface area contributed by atoms with Gasteiger partial charge in [-0.25, -0.2) is 14.2 Å². The minimum atomic E-state index is -3.15. The Balaban J connectivity index is 4.12. The van der Waals surface area contributed by atoms with Crippen LogP contribution in [0.2, 0.25) is 0 Å². The van der Waals surface area contributed by atoms with Crippen molar-refractivity contribution in [1.82, 2.24) is 0 Å². The van der Waals surface area contributed by atoms with Gasteiger partial charge in [-0.2, -0.15) is 0 Å². The molecule has 6 heteroatoms. The zero-order valence-electron chi connectivity index (χ0n) is 7.96. The van der Waals surface area contributed by atoms with Crippen molar-refractivity contribution in [3.63, 3.8) is 0 Å². The third-order valence-corrected chi connectivity index (χ3v) is 1.75. The fourth-order valence-electron chi connectivity index (χ4n) is 0.346. The molecule has 78 valence electrons. The minimum Gasteiger partial charge on any atom is -0.381 e. The van der Waals surface area contributed by atoms with Crippen molar-refractivity contribution in [2.75, 3.05) is 0 Å². The molecule has 0 spiro atoms. The highest BCUT2D eigenvalue weighted by Crippen LogP contribution is 2.26. The lowest BCUT2D eigenvalue weighted by Crippen LogP contribution is -2.03. The monoisotopic (exact) mass is 218 g/mol. The van der Waals surface area contributed by atoms with Gasteiger partial charge in [-0.15, -0.1) is 0 Å². The van der Waals surface area contributed by atoms with E-state index in [1.807, 2.05) is 0 Å². The first kappa shape index (κ1) is 12.7. The van der Waals surface area contributed by atoms with E-state index in [1.54, 1.807) is 0 Å². The summed E-state index contributed by atoms with van der Waals surface area (Å²) in [5.74, 6) is -1.72. The van der Waals surface area contributed by atoms with E-state index >= 15 is 0 Å². The standard InChI is InChI=1S/C8H11O5P/c1-5(2)7(9)12-14(11)13-8(10)6(3)4/h14H,1,3H2,2,4H3. The molecule has 0 rings (SSSR count). The summed E-state index contributed by atoms with van der Waals surface area (Å²) in [6.07, 6.45) is 0. The molecule has 0 aromatic carbocycles. The van der Waals surface area contributed by atoms with Crippen molar-refractivity contribution in [2.24, 2.45) is 0 Å². The molecule has 14 heavy (non-hydrogen) atoms. The maximum absolute atomic E-state index is 10.9. The Bertz CT molecular complexity index is 288. The number of rotatable bonds is 4. The third-order valence-electron chi connectivity index (χ3n) is 1.05. The quantitative estimate of drug-likeness (QED) is 0.529. The Labute approximate surface area is 82.3 Å². The molecular formula is C8H11O5P. The van der Waals surface area contributed by atoms with Gasteiger partial charge < -0.3 is 9.05 Å². The fraction of sp³-hybridized carbons (Fsp3) is 0.250. The lowest BCUT2D eigenvalue weighted by molar-refractivity contribution is -0.133. The van der Waals surface area contributed by atoms with Crippen LogP contribution in [-0.2, 0) is 23.2 Å². The highest BCUT2D eigenvalue weighted by atomic mass is 31.1. The van der Waals surface area contributed by atoms with Crippen LogP contribution in [0.15, 0.2) is 24.3 Å². The number of carbonyl (C=O) groups excluding carboxylic acids is 2. The molecule has 0 saturated heterocycles. The lowest BCUT2D eigenvalue weighted by Gasteiger charge is -2.04. The van der Waals surface area contributed by atoms with Crippen LogP contribution in [0, 0.1) is 0 Å². The van der Waals surface area contributed by atoms with E-state index < -0.39 is 20.2 Å². The van der Waals surface area contributed by atoms with Gasteiger partial charge in [-0.1, -0.05) is 13.2 Å². The van der Waals surface area contributed by atoms with Crippen molar-refractivity contribution in [3.05, 3.63) is 24.3 Å². The van der Waals surface area contributed by atoms with Crippen molar-refractivity contribution in [2.45, 2.75) is 13.8 Å². The van der Waals surface area contributed by atoms with E-state index in [9.17, 15) is 14.2 Å². The second-order valence-corrected chi connectivity index (χ2v) is 3.50. The fourth-order valence-corrected chi connectivity index (χ4v) is 1.04. The predicted molar refractivity (Wildman–Crippen MR) is 50.8 cm³/mol. The van der Waals surface area contributed by atoms with Gasteiger partial charge in [0, 0.05) is 11.1 Å². The number of carbonyl (C=O) groups is 2. The van der Waals surface area contributed by atoms with Crippen LogP contribution in [0.1, 0.15) is 13.8 Å². The lowest BCUT2D eigenvalue weighted by atomic mass is 10.4. The van der Waals surface area contributed by atoms with Crippen LogP contribution in [0.25, 0.3) is 0 Å². The Morgan fingerprint density at radius 3 is 1.50 bits per heavy atom. The highest BCUT2D eigenvalue weighted by molar-refractivity contribution is 7.34. The van der Waals surface area contributed by atoms with E-state index in [0.29, 0.717) is 0 Å². The van der Waals surface area contributed by atoms with E-state index in [-0.39, 0.29) is 11.1 Å². The van der Waals surface area contributed by atoms with Crippen LogP contribution < -0.4 is 0 Å². The van der Waals surface area contributed by atoms with Gasteiger partial charge in [-0.3, -0.25) is 0 Å². The zero-order chi connectivity index (χ0) is 11.3. The van der Waals surface area contributed by atoms with Gasteiger partial charge in [0.1, 0.15) is 0 Å². The van der Waals surface area contributed by atoms with Gasteiger partial charge in [0.25, 0.3) is 0 Å². The largest absolute Gasteiger partial charge is 0.423 e. The molecule has 0 heterocycles. The second-order valence-electron chi connectivity index (χ2n) is 2.59. The maximum atomic E-state index is 10.9. The summed E-state index contributed by atoms with van der Waals surface area (Å²) in [7, 11) is -3.15. The molecule has 0 fully saturated rings. The first-order valence-corrected chi connectivity index (χ1v) is 4.86. The van der Waals surface area contributed by atoms with E-state index in [1.165, 1.54) is 13.8 Å². The number of hydrogen-bond donors (Lipinski definition) is 0. The van der Waals surface area contributed by atoms with Crippen LogP contribution in [0.4, 0.5) is 0 Å². The summed E-state index contributed by atoms with van der Waals surface area (Å²) in [5, 5.41) is 0. The van der Waals surface area contributed by atoms with Gasteiger partial charge in [0.05, 0.1) is 0 Å². The molecule has 0 unspecified atom stereocenters. The maximum Gasteiger partial charge on any atom is 0.423 e. The van der Waals surface area contributed by atoms with Gasteiger partial charge in [0.15, 0.2) is 0 Å². The summed E-state index contributed by atoms with van der Waals surface area (Å²) in [6.45, 7) is 9.31. The smallest absolute Gasteiger partial charge is 0.381 e. The van der Waals surface area contributed by atoms with E-state index in [0.717, 1.165) is 0 Å². The predicted octanol–water partition coefficient (Wildman–Crippen LogP) is 1.61. The average Bonchev–Trinajstić information content (AvgIpc) is 2.03. The number of hydrogen-bond acceptors (Lipinski definition) is 5. The van der Waals surface area contributed by atoms with Crippen LogP contribution >= 0.6 is 8.25 Å². The van der Waals surface area contributed by atoms with Gasteiger partial charge in [-0.05, 0) is 13.8 Å². The molecule has 0 saturated carbocycles. The van der Waals surface area contributed by atoms with Crippen molar-refractivity contribution in [1.29, 1.82) is 0 Å². The Morgan fingerprint density at radius 1 is 1.00 bits per heavy atom. The molecule has 5 nitrogen and oxygen atoms in total. The Hall–Kier alpha value is -1.35. The van der Waals surface area contributed by atoms with E-state index in [2.05, 4.69) is 22.2 Å². The first-order valence-electron chi connectivity index (χ1n) is 3.64. The zero-order valence-corrected chi connectivity index (χ0v) is 8.96. The molecule has 0 aromatic rings. The molecule has 0 atom stereocenters. The Kier molecular flexibility index (Phi) is 4.87. The minimum absolute atomic E-state index is 0.0784. The Morgan fingerprint density at radius 2 is 1.29 bits per heavy atom. The molecular weight excluding hydrogens is 207 g/mol. The molecule has 0 N–H and O–H groups in total. The van der Waals surface area contributed by atoms with Crippen molar-refractivity contribution >= 4 is 20.2 Å². The summed E-state index contributed by atoms with van der Waals surface area (Å²) in [5.41, 5.74) is 0.157. The van der Waals surface area contributed by atoms with Crippen molar-refractivity contribution < 1.29 is 23.2 Å². The summed E-state index contributed by atoms with van der Waals surface area (Å²) in [4.78, 5) is 21.6. The second kappa shape index (κ2) is 5.40. The molecule has 0 aliphatic heterocycles. The first-order chi connectivity index (χ1) is 6.34. The topological polar surface area (TPSA) is 69.7 Å². The SMILES string of the molecule is C=C(C)C(=O)O[PH](=O)OC(=O)C(=C)C.